The number of hydrogen-bond acceptors (Lipinski definition) is 2. The fraction of sp³-hybridized carbons (Fsp3) is 0. The van der Waals surface area contributed by atoms with Crippen molar-refractivity contribution in [1.82, 2.24) is 9.13 Å². The average Bonchev–Trinajstić information content (AvgIpc) is 3.67. The minimum absolute atomic E-state index is 0.462. The standard InChI is InChI=1S/C44H26N4/c45-27-31-25-33(47-40-17-7-2-12-35(40)36-13-3-8-18-41(36)47)26-32(28-46)44(31)30-23-21-29(22-24-30)34-11-1-6-16-39(34)48-42-19-9-4-14-37(42)38-15-5-10-20-43(38)48/h1-26H. The van der Waals surface area contributed by atoms with E-state index >= 15 is 0 Å². The van der Waals surface area contributed by atoms with Crippen LogP contribution in [0.3, 0.4) is 0 Å². The summed E-state index contributed by atoms with van der Waals surface area (Å²) in [5.74, 6) is 0. The Hall–Kier alpha value is -6.88. The molecule has 0 aliphatic heterocycles. The Morgan fingerprint density at radius 2 is 0.792 bits per heavy atom. The van der Waals surface area contributed by atoms with E-state index in [-0.39, 0.29) is 0 Å². The van der Waals surface area contributed by atoms with Crippen molar-refractivity contribution >= 4 is 43.6 Å². The monoisotopic (exact) mass is 610 g/mol. The van der Waals surface area contributed by atoms with Crippen LogP contribution in [0.25, 0.3) is 77.2 Å². The molecule has 2 aromatic heterocycles. The molecule has 4 heteroatoms. The zero-order valence-corrected chi connectivity index (χ0v) is 25.8. The van der Waals surface area contributed by atoms with Crippen LogP contribution in [0.1, 0.15) is 11.1 Å². The van der Waals surface area contributed by atoms with Crippen molar-refractivity contribution in [3.05, 3.63) is 169 Å². The summed E-state index contributed by atoms with van der Waals surface area (Å²) in [7, 11) is 0. The highest BCUT2D eigenvalue weighted by Gasteiger charge is 2.19. The Labute approximate surface area is 277 Å². The molecule has 0 bridgehead atoms. The van der Waals surface area contributed by atoms with Gasteiger partial charge in [0.15, 0.2) is 0 Å². The first-order valence-electron chi connectivity index (χ1n) is 15.9. The van der Waals surface area contributed by atoms with E-state index in [0.29, 0.717) is 16.7 Å². The van der Waals surface area contributed by atoms with Crippen molar-refractivity contribution in [3.8, 4) is 45.8 Å². The molecule has 0 amide bonds. The van der Waals surface area contributed by atoms with Crippen LogP contribution in [-0.2, 0) is 0 Å². The number of rotatable bonds is 4. The van der Waals surface area contributed by atoms with Gasteiger partial charge in [-0.1, -0.05) is 115 Å². The van der Waals surface area contributed by atoms with Crippen molar-refractivity contribution in [2.45, 2.75) is 0 Å². The molecule has 9 rings (SSSR count). The van der Waals surface area contributed by atoms with Crippen molar-refractivity contribution in [3.63, 3.8) is 0 Å². The van der Waals surface area contributed by atoms with Crippen LogP contribution < -0.4 is 0 Å². The number of fused-ring (bicyclic) bond motifs is 6. The lowest BCUT2D eigenvalue weighted by Gasteiger charge is -2.15. The zero-order chi connectivity index (χ0) is 32.2. The van der Waals surface area contributed by atoms with Crippen LogP contribution in [0, 0.1) is 22.7 Å². The van der Waals surface area contributed by atoms with E-state index in [1.807, 2.05) is 48.5 Å². The molecular formula is C44H26N4. The molecule has 0 fully saturated rings. The number of nitrogens with zero attached hydrogens (tertiary/aromatic N) is 4. The maximum Gasteiger partial charge on any atom is 0.0999 e. The predicted molar refractivity (Wildman–Crippen MR) is 195 cm³/mol. The van der Waals surface area contributed by atoms with Crippen molar-refractivity contribution in [2.24, 2.45) is 0 Å². The Balaban J connectivity index is 1.18. The van der Waals surface area contributed by atoms with Crippen LogP contribution in [0.2, 0.25) is 0 Å². The van der Waals surface area contributed by atoms with Gasteiger partial charge in [-0.25, -0.2) is 0 Å². The third-order valence-electron chi connectivity index (χ3n) is 9.41. The molecule has 0 atom stereocenters. The van der Waals surface area contributed by atoms with E-state index in [1.54, 1.807) is 0 Å². The summed E-state index contributed by atoms with van der Waals surface area (Å²) in [6.07, 6.45) is 0. The van der Waals surface area contributed by atoms with E-state index in [1.165, 1.54) is 10.8 Å². The Bertz CT molecular complexity index is 2660. The van der Waals surface area contributed by atoms with Gasteiger partial charge in [0, 0.05) is 38.4 Å². The van der Waals surface area contributed by atoms with E-state index in [2.05, 4.69) is 130 Å². The summed E-state index contributed by atoms with van der Waals surface area (Å²) >= 11 is 0. The van der Waals surface area contributed by atoms with Gasteiger partial charge in [-0.15, -0.1) is 0 Å². The minimum Gasteiger partial charge on any atom is -0.309 e. The summed E-state index contributed by atoms with van der Waals surface area (Å²) in [5.41, 5.74) is 10.8. The number of benzene rings is 7. The second-order valence-corrected chi connectivity index (χ2v) is 12.0. The fourth-order valence-electron chi connectivity index (χ4n) is 7.36. The molecular weight excluding hydrogens is 585 g/mol. The summed E-state index contributed by atoms with van der Waals surface area (Å²) in [4.78, 5) is 0. The lowest BCUT2D eigenvalue weighted by Crippen LogP contribution is -1.99. The molecule has 0 aliphatic carbocycles. The molecule has 0 saturated carbocycles. The van der Waals surface area contributed by atoms with E-state index in [0.717, 1.165) is 60.9 Å². The van der Waals surface area contributed by atoms with Crippen molar-refractivity contribution in [1.29, 1.82) is 10.5 Å². The summed E-state index contributed by atoms with van der Waals surface area (Å²) in [5, 5.41) is 25.5. The molecule has 7 aromatic carbocycles. The van der Waals surface area contributed by atoms with Crippen LogP contribution in [-0.4, -0.2) is 9.13 Å². The van der Waals surface area contributed by atoms with Crippen LogP contribution in [0.4, 0.5) is 0 Å². The second kappa shape index (κ2) is 10.9. The largest absolute Gasteiger partial charge is 0.309 e. The van der Waals surface area contributed by atoms with Gasteiger partial charge in [0.05, 0.1) is 51.0 Å². The number of hydrogen-bond donors (Lipinski definition) is 0. The van der Waals surface area contributed by atoms with E-state index in [9.17, 15) is 10.5 Å². The Kier molecular flexibility index (Phi) is 6.22. The highest BCUT2D eigenvalue weighted by atomic mass is 15.0. The SMILES string of the molecule is N#Cc1cc(-n2c3ccccc3c3ccccc32)cc(C#N)c1-c1ccc(-c2ccccc2-n2c3ccccc3c3ccccc32)cc1. The normalized spacial score (nSPS) is 11.3. The number of nitriles is 2. The topological polar surface area (TPSA) is 57.4 Å². The van der Waals surface area contributed by atoms with Crippen LogP contribution in [0.5, 0.6) is 0 Å². The van der Waals surface area contributed by atoms with E-state index in [4.69, 9.17) is 0 Å². The first kappa shape index (κ1) is 27.4. The Morgan fingerprint density at radius 3 is 1.27 bits per heavy atom. The van der Waals surface area contributed by atoms with Gasteiger partial charge >= 0.3 is 0 Å². The zero-order valence-electron chi connectivity index (χ0n) is 25.8. The molecule has 0 N–H and O–H groups in total. The summed E-state index contributed by atoms with van der Waals surface area (Å²) in [6.45, 7) is 0. The quantitative estimate of drug-likeness (QED) is 0.199. The van der Waals surface area contributed by atoms with Gasteiger partial charge in [0.1, 0.15) is 0 Å². The molecule has 2 heterocycles. The third-order valence-corrected chi connectivity index (χ3v) is 9.41. The van der Waals surface area contributed by atoms with Gasteiger partial charge in [-0.2, -0.15) is 10.5 Å². The highest BCUT2D eigenvalue weighted by molar-refractivity contribution is 6.10. The molecule has 4 nitrogen and oxygen atoms in total. The Morgan fingerprint density at radius 1 is 0.396 bits per heavy atom. The molecule has 9 aromatic rings. The molecule has 0 radical (unpaired) electrons. The van der Waals surface area contributed by atoms with Gasteiger partial charge in [-0.3, -0.25) is 0 Å². The first-order chi connectivity index (χ1) is 23.7. The van der Waals surface area contributed by atoms with Crippen LogP contribution in [0.15, 0.2) is 158 Å². The molecule has 222 valence electrons. The molecule has 0 spiro atoms. The van der Waals surface area contributed by atoms with Crippen molar-refractivity contribution in [2.75, 3.05) is 0 Å². The van der Waals surface area contributed by atoms with Gasteiger partial charge < -0.3 is 9.13 Å². The highest BCUT2D eigenvalue weighted by Crippen LogP contribution is 2.39. The minimum atomic E-state index is 0.462. The maximum absolute atomic E-state index is 10.4. The molecule has 0 aliphatic rings. The lowest BCUT2D eigenvalue weighted by molar-refractivity contribution is 1.17. The summed E-state index contributed by atoms with van der Waals surface area (Å²) in [6, 6.07) is 58.8. The molecule has 0 unspecified atom stereocenters. The first-order valence-corrected chi connectivity index (χ1v) is 15.9. The molecule has 0 saturated heterocycles. The van der Waals surface area contributed by atoms with Crippen molar-refractivity contribution < 1.29 is 0 Å². The summed E-state index contributed by atoms with van der Waals surface area (Å²) < 4.78 is 4.48. The van der Waals surface area contributed by atoms with Gasteiger partial charge in [0.25, 0.3) is 0 Å². The van der Waals surface area contributed by atoms with E-state index < -0.39 is 0 Å². The van der Waals surface area contributed by atoms with Gasteiger partial charge in [0.2, 0.25) is 0 Å². The predicted octanol–water partition coefficient (Wildman–Crippen LogP) is 11.0. The smallest absolute Gasteiger partial charge is 0.0999 e. The fourth-order valence-corrected chi connectivity index (χ4v) is 7.36. The maximum atomic E-state index is 10.4. The second-order valence-electron chi connectivity index (χ2n) is 12.0. The average molecular weight is 611 g/mol. The number of aromatic nitrogens is 2. The van der Waals surface area contributed by atoms with Gasteiger partial charge in [-0.05, 0) is 53.6 Å². The van der Waals surface area contributed by atoms with Crippen LogP contribution >= 0.6 is 0 Å². The lowest BCUT2D eigenvalue weighted by atomic mass is 9.92. The molecule has 48 heavy (non-hydrogen) atoms. The third kappa shape index (κ3) is 4.07. The number of para-hydroxylation sites is 5.